The van der Waals surface area contributed by atoms with Crippen molar-refractivity contribution in [3.8, 4) is 17.1 Å². The fourth-order valence-electron chi connectivity index (χ4n) is 4.10. The van der Waals surface area contributed by atoms with E-state index in [0.29, 0.717) is 48.4 Å². The van der Waals surface area contributed by atoms with Crippen LogP contribution in [-0.4, -0.2) is 61.6 Å². The van der Waals surface area contributed by atoms with Gasteiger partial charge in [-0.25, -0.2) is 0 Å². The molecule has 5 rings (SSSR count). The molecule has 0 aliphatic carbocycles. The molecule has 33 heavy (non-hydrogen) atoms. The summed E-state index contributed by atoms with van der Waals surface area (Å²) in [5.41, 5.74) is 2.33. The first-order valence-corrected chi connectivity index (χ1v) is 11.3. The molecule has 2 aromatic heterocycles. The Labute approximate surface area is 196 Å². The molecule has 168 valence electrons. The minimum Gasteiger partial charge on any atom is -0.337 e. The maximum absolute atomic E-state index is 13.3. The van der Waals surface area contributed by atoms with Crippen molar-refractivity contribution in [1.82, 2.24) is 29.5 Å². The number of rotatable bonds is 5. The van der Waals surface area contributed by atoms with Gasteiger partial charge in [0.2, 0.25) is 11.7 Å². The molecular formula is C24H24N6O2S. The van der Waals surface area contributed by atoms with E-state index in [4.69, 9.17) is 16.7 Å². The van der Waals surface area contributed by atoms with Crippen molar-refractivity contribution in [2.45, 2.75) is 13.0 Å². The van der Waals surface area contributed by atoms with Gasteiger partial charge in [0, 0.05) is 43.6 Å². The van der Waals surface area contributed by atoms with E-state index in [1.165, 1.54) is 0 Å². The van der Waals surface area contributed by atoms with E-state index in [-0.39, 0.29) is 11.9 Å². The van der Waals surface area contributed by atoms with Gasteiger partial charge in [-0.1, -0.05) is 53.7 Å². The van der Waals surface area contributed by atoms with Crippen LogP contribution in [0.5, 0.6) is 0 Å². The van der Waals surface area contributed by atoms with Crippen molar-refractivity contribution in [2.75, 3.05) is 26.2 Å². The van der Waals surface area contributed by atoms with Gasteiger partial charge in [-0.2, -0.15) is 4.98 Å². The van der Waals surface area contributed by atoms with E-state index >= 15 is 0 Å². The summed E-state index contributed by atoms with van der Waals surface area (Å²) < 4.78 is 7.83. The van der Waals surface area contributed by atoms with Crippen LogP contribution in [-0.2, 0) is 0 Å². The van der Waals surface area contributed by atoms with Crippen LogP contribution in [0.25, 0.3) is 17.1 Å². The maximum atomic E-state index is 13.3. The number of carbonyl (C=O) groups excluding carboxylic acids is 1. The Morgan fingerprint density at radius 3 is 2.39 bits per heavy atom. The third-order valence-corrected chi connectivity index (χ3v) is 6.29. The van der Waals surface area contributed by atoms with E-state index in [1.54, 1.807) is 10.8 Å². The lowest BCUT2D eigenvalue weighted by atomic mass is 10.2. The number of carbonyl (C=O) groups is 1. The normalized spacial score (nSPS) is 15.5. The number of aromatic nitrogens is 4. The summed E-state index contributed by atoms with van der Waals surface area (Å²) in [5.74, 6) is 1.13. The van der Waals surface area contributed by atoms with Crippen LogP contribution in [0.2, 0.25) is 0 Å². The Hall–Kier alpha value is -3.56. The summed E-state index contributed by atoms with van der Waals surface area (Å²) in [6, 6.07) is 19.4. The van der Waals surface area contributed by atoms with Crippen LogP contribution in [0.15, 0.2) is 71.4 Å². The SMILES string of the molecule is CC(c1nc(-c2ccccc2)no1)N1CCN(C(=O)c2c[nH]c(=S)n2-c2ccccc2)CC1. The van der Waals surface area contributed by atoms with Crippen molar-refractivity contribution >= 4 is 18.1 Å². The second kappa shape index (κ2) is 9.13. The summed E-state index contributed by atoms with van der Waals surface area (Å²) in [6.45, 7) is 4.70. The van der Waals surface area contributed by atoms with Crippen LogP contribution in [0.1, 0.15) is 29.3 Å². The monoisotopic (exact) mass is 460 g/mol. The fourth-order valence-corrected chi connectivity index (χ4v) is 4.36. The lowest BCUT2D eigenvalue weighted by molar-refractivity contribution is 0.0544. The highest BCUT2D eigenvalue weighted by molar-refractivity contribution is 7.71. The van der Waals surface area contributed by atoms with E-state index in [9.17, 15) is 4.79 Å². The molecule has 4 aromatic rings. The molecule has 1 aliphatic heterocycles. The molecule has 0 bridgehead atoms. The molecule has 2 aromatic carbocycles. The number of piperazine rings is 1. The molecular weight excluding hydrogens is 436 g/mol. The number of benzene rings is 2. The smallest absolute Gasteiger partial charge is 0.272 e. The van der Waals surface area contributed by atoms with E-state index in [0.717, 1.165) is 11.3 Å². The fraction of sp³-hybridized carbons (Fsp3) is 0.250. The Morgan fingerprint density at radius 1 is 1.03 bits per heavy atom. The summed E-state index contributed by atoms with van der Waals surface area (Å²) in [4.78, 5) is 25.0. The molecule has 8 nitrogen and oxygen atoms in total. The molecule has 0 saturated carbocycles. The summed E-state index contributed by atoms with van der Waals surface area (Å²) >= 11 is 5.43. The molecule has 1 unspecified atom stereocenters. The summed E-state index contributed by atoms with van der Waals surface area (Å²) in [6.07, 6.45) is 1.69. The molecule has 1 N–H and O–H groups in total. The van der Waals surface area contributed by atoms with Crippen molar-refractivity contribution in [2.24, 2.45) is 0 Å². The first-order chi connectivity index (χ1) is 16.1. The molecule has 3 heterocycles. The van der Waals surface area contributed by atoms with Crippen LogP contribution < -0.4 is 0 Å². The quantitative estimate of drug-likeness (QED) is 0.452. The van der Waals surface area contributed by atoms with Gasteiger partial charge >= 0.3 is 0 Å². The summed E-state index contributed by atoms with van der Waals surface area (Å²) in [5, 5.41) is 4.13. The number of aromatic amines is 1. The number of nitrogens with zero attached hydrogens (tertiary/aromatic N) is 5. The molecule has 1 saturated heterocycles. The molecule has 0 spiro atoms. The van der Waals surface area contributed by atoms with Gasteiger partial charge in [0.25, 0.3) is 5.91 Å². The maximum Gasteiger partial charge on any atom is 0.272 e. The van der Waals surface area contributed by atoms with Gasteiger partial charge in [-0.05, 0) is 31.3 Å². The number of nitrogens with one attached hydrogen (secondary N) is 1. The standard InChI is InChI=1S/C24H24N6O2S/c1-17(22-26-21(27-32-22)18-8-4-2-5-9-18)28-12-14-29(15-13-28)23(31)20-16-25-24(33)30(20)19-10-6-3-7-11-19/h2-11,16-17H,12-15H2,1H3,(H,25,33). The third kappa shape index (κ3) is 4.24. The van der Waals surface area contributed by atoms with Gasteiger partial charge in [-0.3, -0.25) is 14.3 Å². The molecule has 9 heteroatoms. The van der Waals surface area contributed by atoms with Gasteiger partial charge in [-0.15, -0.1) is 0 Å². The zero-order chi connectivity index (χ0) is 22.8. The largest absolute Gasteiger partial charge is 0.337 e. The minimum absolute atomic E-state index is 0.0343. The van der Waals surface area contributed by atoms with E-state index in [2.05, 4.69) is 26.9 Å². The van der Waals surface area contributed by atoms with Gasteiger partial charge in [0.15, 0.2) is 4.77 Å². The molecule has 1 fully saturated rings. The number of hydrogen-bond acceptors (Lipinski definition) is 6. The van der Waals surface area contributed by atoms with Crippen molar-refractivity contribution in [1.29, 1.82) is 0 Å². The van der Waals surface area contributed by atoms with Crippen LogP contribution in [0.4, 0.5) is 0 Å². The first-order valence-electron chi connectivity index (χ1n) is 10.9. The van der Waals surface area contributed by atoms with E-state index in [1.807, 2.05) is 65.6 Å². The van der Waals surface area contributed by atoms with Gasteiger partial charge in [0.1, 0.15) is 5.69 Å². The lowest BCUT2D eigenvalue weighted by Crippen LogP contribution is -2.49. The number of para-hydroxylation sites is 1. The zero-order valence-corrected chi connectivity index (χ0v) is 19.0. The molecule has 1 aliphatic rings. The third-order valence-electron chi connectivity index (χ3n) is 5.99. The van der Waals surface area contributed by atoms with Crippen LogP contribution in [0, 0.1) is 4.77 Å². The van der Waals surface area contributed by atoms with Crippen molar-refractivity contribution < 1.29 is 9.32 Å². The van der Waals surface area contributed by atoms with Gasteiger partial charge < -0.3 is 14.4 Å². The minimum atomic E-state index is -0.0392. The first kappa shape index (κ1) is 21.3. The Bertz CT molecular complexity index is 1290. The molecule has 1 atom stereocenters. The van der Waals surface area contributed by atoms with Crippen LogP contribution >= 0.6 is 12.2 Å². The highest BCUT2D eigenvalue weighted by atomic mass is 32.1. The average Bonchev–Trinajstić information content (AvgIpc) is 3.52. The van der Waals surface area contributed by atoms with Gasteiger partial charge in [0.05, 0.1) is 6.04 Å². The second-order valence-corrected chi connectivity index (χ2v) is 8.36. The molecule has 1 amide bonds. The Morgan fingerprint density at radius 2 is 1.70 bits per heavy atom. The Balaban J connectivity index is 1.26. The van der Waals surface area contributed by atoms with Crippen molar-refractivity contribution in [3.63, 3.8) is 0 Å². The lowest BCUT2D eigenvalue weighted by Gasteiger charge is -2.36. The van der Waals surface area contributed by atoms with E-state index < -0.39 is 0 Å². The topological polar surface area (TPSA) is 83.2 Å². The van der Waals surface area contributed by atoms with Crippen molar-refractivity contribution in [3.05, 3.63) is 83.2 Å². The number of amides is 1. The number of H-pyrrole nitrogens is 1. The predicted molar refractivity (Wildman–Crippen MR) is 127 cm³/mol. The number of hydrogen-bond donors (Lipinski definition) is 1. The number of imidazole rings is 1. The average molecular weight is 461 g/mol. The van der Waals surface area contributed by atoms with Crippen LogP contribution in [0.3, 0.4) is 0 Å². The highest BCUT2D eigenvalue weighted by Gasteiger charge is 2.29. The zero-order valence-electron chi connectivity index (χ0n) is 18.2. The summed E-state index contributed by atoms with van der Waals surface area (Å²) in [7, 11) is 0. The Kier molecular flexibility index (Phi) is 5.89. The molecule has 0 radical (unpaired) electrons. The highest BCUT2D eigenvalue weighted by Crippen LogP contribution is 2.24. The second-order valence-electron chi connectivity index (χ2n) is 7.98. The predicted octanol–water partition coefficient (Wildman–Crippen LogP) is 4.10.